The first-order valence-corrected chi connectivity index (χ1v) is 6.65. The number of thiazole rings is 1. The van der Waals surface area contributed by atoms with Crippen LogP contribution < -0.4 is 0 Å². The Morgan fingerprint density at radius 2 is 2.47 bits per heavy atom. The summed E-state index contributed by atoms with van der Waals surface area (Å²) < 4.78 is 1.79. The molecule has 90 valence electrons. The van der Waals surface area contributed by atoms with Gasteiger partial charge in [0.15, 0.2) is 5.16 Å². The molecule has 17 heavy (non-hydrogen) atoms. The van der Waals surface area contributed by atoms with Crippen LogP contribution in [-0.4, -0.2) is 36.6 Å². The van der Waals surface area contributed by atoms with Crippen molar-refractivity contribution in [3.8, 4) is 0 Å². The summed E-state index contributed by atoms with van der Waals surface area (Å²) in [6.07, 6.45) is 1.58. The molecule has 0 amide bonds. The molecule has 2 rings (SSSR count). The monoisotopic (exact) mass is 270 g/mol. The summed E-state index contributed by atoms with van der Waals surface area (Å²) in [6, 6.07) is 0. The quantitative estimate of drug-likeness (QED) is 0.824. The van der Waals surface area contributed by atoms with Crippen LogP contribution in [0.4, 0.5) is 0 Å². The van der Waals surface area contributed by atoms with Crippen molar-refractivity contribution in [3.63, 3.8) is 0 Å². The largest absolute Gasteiger partial charge is 0.481 e. The minimum absolute atomic E-state index is 0.0191. The molecule has 0 saturated heterocycles. The first-order chi connectivity index (χ1) is 8.15. The molecule has 0 aliphatic heterocycles. The fourth-order valence-corrected chi connectivity index (χ4v) is 2.49. The maximum absolute atomic E-state index is 10.5. The van der Waals surface area contributed by atoms with E-state index in [2.05, 4.69) is 15.2 Å². The number of nitrogens with zero attached hydrogens (tertiary/aromatic N) is 4. The first-order valence-electron chi connectivity index (χ1n) is 4.78. The molecule has 8 heteroatoms. The maximum atomic E-state index is 10.5. The third-order valence-electron chi connectivity index (χ3n) is 1.90. The van der Waals surface area contributed by atoms with Gasteiger partial charge in [0.25, 0.3) is 0 Å². The average Bonchev–Trinajstić information content (AvgIpc) is 2.86. The lowest BCUT2D eigenvalue weighted by Crippen LogP contribution is -2.04. The van der Waals surface area contributed by atoms with E-state index in [1.165, 1.54) is 0 Å². The number of aryl methyl sites for hydroxylation is 1. The zero-order chi connectivity index (χ0) is 12.3. The highest BCUT2D eigenvalue weighted by Crippen LogP contribution is 2.16. The highest BCUT2D eigenvalue weighted by atomic mass is 32.2. The molecule has 2 heterocycles. The Balaban J connectivity index is 2.06. The van der Waals surface area contributed by atoms with E-state index in [1.54, 1.807) is 22.2 Å². The second kappa shape index (κ2) is 5.28. The minimum Gasteiger partial charge on any atom is -0.481 e. The van der Waals surface area contributed by atoms with Gasteiger partial charge >= 0.3 is 5.97 Å². The number of rotatable bonds is 5. The van der Waals surface area contributed by atoms with E-state index in [0.717, 1.165) is 22.5 Å². The summed E-state index contributed by atoms with van der Waals surface area (Å²) >= 11 is 2.74. The van der Waals surface area contributed by atoms with Gasteiger partial charge in [0, 0.05) is 5.38 Å². The summed E-state index contributed by atoms with van der Waals surface area (Å²) in [5.74, 6) is -0.886. The molecular formula is C9H10N4O2S2. The summed E-state index contributed by atoms with van der Waals surface area (Å²) in [7, 11) is 0. The van der Waals surface area contributed by atoms with Crippen LogP contribution >= 0.6 is 23.1 Å². The zero-order valence-corrected chi connectivity index (χ0v) is 10.7. The van der Waals surface area contributed by atoms with Crippen LogP contribution in [0.5, 0.6) is 0 Å². The Labute approximate surface area is 106 Å². The summed E-state index contributed by atoms with van der Waals surface area (Å²) in [6.45, 7) is 2.51. The fraction of sp³-hybridized carbons (Fsp3) is 0.333. The number of thioether (sulfide) groups is 1. The van der Waals surface area contributed by atoms with Gasteiger partial charge in [-0.1, -0.05) is 11.8 Å². The lowest BCUT2D eigenvalue weighted by molar-refractivity contribution is -0.133. The average molecular weight is 270 g/mol. The van der Waals surface area contributed by atoms with Gasteiger partial charge in [0.2, 0.25) is 0 Å². The molecule has 0 spiro atoms. The number of aliphatic carboxylic acids is 1. The van der Waals surface area contributed by atoms with Gasteiger partial charge in [-0.05, 0) is 6.92 Å². The van der Waals surface area contributed by atoms with Crippen molar-refractivity contribution in [3.05, 3.63) is 22.4 Å². The Hall–Kier alpha value is -1.41. The highest BCUT2D eigenvalue weighted by Gasteiger charge is 2.09. The van der Waals surface area contributed by atoms with Crippen LogP contribution in [0.2, 0.25) is 0 Å². The van der Waals surface area contributed by atoms with Gasteiger partial charge in [0.1, 0.15) is 6.33 Å². The molecule has 2 aromatic heterocycles. The predicted octanol–water partition coefficient (Wildman–Crippen LogP) is 1.27. The number of carboxylic acid groups (broad SMARTS) is 1. The van der Waals surface area contributed by atoms with E-state index >= 15 is 0 Å². The molecule has 0 aromatic carbocycles. The Morgan fingerprint density at radius 1 is 1.65 bits per heavy atom. The Kier molecular flexibility index (Phi) is 3.75. The summed E-state index contributed by atoms with van der Waals surface area (Å²) in [5.41, 5.74) is 0.935. The minimum atomic E-state index is -0.867. The molecule has 2 aromatic rings. The van der Waals surface area contributed by atoms with E-state index in [4.69, 9.17) is 5.11 Å². The topological polar surface area (TPSA) is 80.9 Å². The van der Waals surface area contributed by atoms with Gasteiger partial charge < -0.3 is 9.67 Å². The lowest BCUT2D eigenvalue weighted by Gasteiger charge is -2.02. The van der Waals surface area contributed by atoms with E-state index in [-0.39, 0.29) is 5.75 Å². The number of carboxylic acids is 1. The second-order valence-corrected chi connectivity index (χ2v) is 5.29. The van der Waals surface area contributed by atoms with Crippen molar-refractivity contribution >= 4 is 29.1 Å². The van der Waals surface area contributed by atoms with Crippen LogP contribution in [0.1, 0.15) is 10.7 Å². The molecule has 6 nitrogen and oxygen atoms in total. The van der Waals surface area contributed by atoms with Gasteiger partial charge in [-0.25, -0.2) is 4.98 Å². The highest BCUT2D eigenvalue weighted by molar-refractivity contribution is 7.99. The Bertz CT molecular complexity index is 523. The van der Waals surface area contributed by atoms with Crippen molar-refractivity contribution < 1.29 is 9.90 Å². The lowest BCUT2D eigenvalue weighted by atomic mass is 10.5. The number of carbonyl (C=O) groups is 1. The molecule has 0 bridgehead atoms. The van der Waals surface area contributed by atoms with Gasteiger partial charge in [-0.2, -0.15) is 0 Å². The normalized spacial score (nSPS) is 10.6. The van der Waals surface area contributed by atoms with Gasteiger partial charge in [-0.3, -0.25) is 4.79 Å². The smallest absolute Gasteiger partial charge is 0.313 e. The zero-order valence-electron chi connectivity index (χ0n) is 9.03. The number of hydrogen-bond acceptors (Lipinski definition) is 6. The standard InChI is InChI=1S/C9H10N4O2S2/c1-6-11-7(3-16-6)2-13-5-10-12-9(13)17-4-8(14)15/h3,5H,2,4H2,1H3,(H,14,15). The molecule has 0 radical (unpaired) electrons. The van der Waals surface area contributed by atoms with Crippen LogP contribution in [0.25, 0.3) is 0 Å². The van der Waals surface area contributed by atoms with Crippen molar-refractivity contribution in [2.45, 2.75) is 18.6 Å². The first kappa shape index (κ1) is 12.1. The van der Waals surface area contributed by atoms with Crippen LogP contribution in [-0.2, 0) is 11.3 Å². The summed E-state index contributed by atoms with van der Waals surface area (Å²) in [4.78, 5) is 14.8. The second-order valence-electron chi connectivity index (χ2n) is 3.28. The van der Waals surface area contributed by atoms with Gasteiger partial charge in [-0.15, -0.1) is 21.5 Å². The molecule has 0 aliphatic carbocycles. The number of aromatic nitrogens is 4. The van der Waals surface area contributed by atoms with Crippen LogP contribution in [0.15, 0.2) is 16.9 Å². The number of hydrogen-bond donors (Lipinski definition) is 1. The van der Waals surface area contributed by atoms with Crippen molar-refractivity contribution in [2.75, 3.05) is 5.75 Å². The predicted molar refractivity (Wildman–Crippen MR) is 64.3 cm³/mol. The van der Waals surface area contributed by atoms with E-state index in [0.29, 0.717) is 11.7 Å². The van der Waals surface area contributed by atoms with E-state index in [9.17, 15) is 4.79 Å². The van der Waals surface area contributed by atoms with Crippen molar-refractivity contribution in [1.82, 2.24) is 19.7 Å². The fourth-order valence-electron chi connectivity index (χ4n) is 1.25. The van der Waals surface area contributed by atoms with E-state index < -0.39 is 5.97 Å². The molecule has 0 aliphatic rings. The van der Waals surface area contributed by atoms with Crippen molar-refractivity contribution in [1.29, 1.82) is 0 Å². The van der Waals surface area contributed by atoms with Crippen LogP contribution in [0, 0.1) is 6.92 Å². The third kappa shape index (κ3) is 3.27. The SMILES string of the molecule is Cc1nc(Cn2cnnc2SCC(=O)O)cs1. The van der Waals surface area contributed by atoms with Crippen molar-refractivity contribution in [2.24, 2.45) is 0 Å². The molecule has 0 atom stereocenters. The molecule has 0 fully saturated rings. The molecule has 0 saturated carbocycles. The maximum Gasteiger partial charge on any atom is 0.313 e. The Morgan fingerprint density at radius 3 is 3.12 bits per heavy atom. The third-order valence-corrected chi connectivity index (χ3v) is 3.69. The summed E-state index contributed by atoms with van der Waals surface area (Å²) in [5, 5.41) is 19.8. The van der Waals surface area contributed by atoms with Gasteiger partial charge in [0.05, 0.1) is 23.0 Å². The molecular weight excluding hydrogens is 260 g/mol. The molecule has 0 unspecified atom stereocenters. The van der Waals surface area contributed by atoms with E-state index in [1.807, 2.05) is 12.3 Å². The molecule has 1 N–H and O–H groups in total. The van der Waals surface area contributed by atoms with Crippen LogP contribution in [0.3, 0.4) is 0 Å².